The Balaban J connectivity index is 1.96. The van der Waals surface area contributed by atoms with Crippen molar-refractivity contribution in [3.63, 3.8) is 0 Å². The molecule has 0 radical (unpaired) electrons. The van der Waals surface area contributed by atoms with Crippen LogP contribution in [0.1, 0.15) is 12.5 Å². The second-order valence-corrected chi connectivity index (χ2v) is 7.15. The van der Waals surface area contributed by atoms with Crippen LogP contribution in [0.4, 0.5) is 4.79 Å². The van der Waals surface area contributed by atoms with E-state index in [1.54, 1.807) is 0 Å². The molecular weight excluding hydrogens is 329 g/mol. The molecule has 0 fully saturated rings. The minimum atomic E-state index is -1.10. The first kappa shape index (κ1) is 15.6. The Morgan fingerprint density at radius 3 is 2.24 bits per heavy atom. The molecule has 1 unspecified atom stereocenters. The van der Waals surface area contributed by atoms with E-state index in [1.165, 1.54) is 9.36 Å². The molecule has 2 aromatic rings. The summed E-state index contributed by atoms with van der Waals surface area (Å²) >= 11 is 0.269. The summed E-state index contributed by atoms with van der Waals surface area (Å²) < 4.78 is 1.29. The van der Waals surface area contributed by atoms with Crippen molar-refractivity contribution in [1.29, 1.82) is 0 Å². The average molecular weight is 347 g/mol. The van der Waals surface area contributed by atoms with E-state index >= 15 is 0 Å². The topological polar surface area (TPSA) is 43.4 Å². The van der Waals surface area contributed by atoms with Gasteiger partial charge < -0.3 is 0 Å². The first-order chi connectivity index (χ1) is 10.2. The molecule has 0 aromatic heterocycles. The number of carbonyl (C=O) groups excluding carboxylic acids is 1. The third-order valence-electron chi connectivity index (χ3n) is 3.20. The molecule has 110 valence electrons. The second kappa shape index (κ2) is 7.87. The SMILES string of the molecule is CC(C[Se]c1ccccc1)N(Cc1ccccc1)C(=O)[O-]. The van der Waals surface area contributed by atoms with Crippen LogP contribution in [0.3, 0.4) is 0 Å². The Labute approximate surface area is 131 Å². The molecule has 0 N–H and O–H groups in total. The van der Waals surface area contributed by atoms with Gasteiger partial charge in [0.2, 0.25) is 0 Å². The van der Waals surface area contributed by atoms with Crippen molar-refractivity contribution in [3.8, 4) is 0 Å². The molecule has 4 heteroatoms. The van der Waals surface area contributed by atoms with Crippen LogP contribution in [0.2, 0.25) is 5.32 Å². The standard InChI is InChI=1S/C17H19NO2Se/c1-14(13-21-16-10-6-3-7-11-16)18(17(19)20)12-15-8-4-2-5-9-15/h2-11,14H,12-13H2,1H3,(H,19,20)/p-1. The predicted octanol–water partition coefficient (Wildman–Crippen LogP) is 1.67. The van der Waals surface area contributed by atoms with Crippen molar-refractivity contribution in [2.75, 3.05) is 0 Å². The summed E-state index contributed by atoms with van der Waals surface area (Å²) in [5, 5.41) is 12.2. The molecule has 1 amide bonds. The number of benzene rings is 2. The molecule has 0 spiro atoms. The first-order valence-electron chi connectivity index (χ1n) is 6.86. The summed E-state index contributed by atoms with van der Waals surface area (Å²) in [6.07, 6.45) is -1.10. The van der Waals surface area contributed by atoms with E-state index in [4.69, 9.17) is 0 Å². The molecule has 0 aliphatic heterocycles. The molecule has 3 nitrogen and oxygen atoms in total. The third kappa shape index (κ3) is 4.92. The van der Waals surface area contributed by atoms with Gasteiger partial charge in [-0.3, -0.25) is 0 Å². The number of rotatable bonds is 6. The van der Waals surface area contributed by atoms with Crippen LogP contribution in [0.25, 0.3) is 0 Å². The zero-order valence-electron chi connectivity index (χ0n) is 11.9. The van der Waals surface area contributed by atoms with Crippen LogP contribution >= 0.6 is 0 Å². The summed E-state index contributed by atoms with van der Waals surface area (Å²) in [4.78, 5) is 12.8. The van der Waals surface area contributed by atoms with Crippen LogP contribution in [0.15, 0.2) is 60.7 Å². The van der Waals surface area contributed by atoms with Gasteiger partial charge in [0.15, 0.2) is 0 Å². The van der Waals surface area contributed by atoms with E-state index in [0.29, 0.717) is 6.54 Å². The van der Waals surface area contributed by atoms with E-state index in [2.05, 4.69) is 12.1 Å². The molecular formula is C17H18NO2Se-. The van der Waals surface area contributed by atoms with Gasteiger partial charge in [0.1, 0.15) is 0 Å². The second-order valence-electron chi connectivity index (χ2n) is 4.85. The van der Waals surface area contributed by atoms with E-state index in [9.17, 15) is 9.90 Å². The molecule has 0 saturated heterocycles. The number of carboxylic acid groups (broad SMARTS) is 1. The Morgan fingerprint density at radius 2 is 1.67 bits per heavy atom. The molecule has 0 heterocycles. The summed E-state index contributed by atoms with van der Waals surface area (Å²) in [5.74, 6) is 0. The van der Waals surface area contributed by atoms with E-state index < -0.39 is 6.09 Å². The van der Waals surface area contributed by atoms with Crippen molar-refractivity contribution < 1.29 is 9.90 Å². The van der Waals surface area contributed by atoms with Crippen LogP contribution in [0.5, 0.6) is 0 Å². The van der Waals surface area contributed by atoms with Gasteiger partial charge in [-0.2, -0.15) is 0 Å². The van der Waals surface area contributed by atoms with Crippen LogP contribution in [-0.2, 0) is 6.54 Å². The van der Waals surface area contributed by atoms with Crippen LogP contribution in [0, 0.1) is 0 Å². The molecule has 0 aliphatic rings. The van der Waals surface area contributed by atoms with Gasteiger partial charge in [-0.05, 0) is 0 Å². The molecule has 0 bridgehead atoms. The Morgan fingerprint density at radius 1 is 1.10 bits per heavy atom. The maximum absolute atomic E-state index is 11.4. The fourth-order valence-corrected chi connectivity index (χ4v) is 4.02. The fraction of sp³-hybridized carbons (Fsp3) is 0.235. The summed E-state index contributed by atoms with van der Waals surface area (Å²) in [7, 11) is 0. The molecule has 2 aromatic carbocycles. The summed E-state index contributed by atoms with van der Waals surface area (Å²) in [6, 6.07) is 19.8. The average Bonchev–Trinajstić information content (AvgIpc) is 2.52. The van der Waals surface area contributed by atoms with Gasteiger partial charge in [-0.1, -0.05) is 0 Å². The monoisotopic (exact) mass is 348 g/mol. The summed E-state index contributed by atoms with van der Waals surface area (Å²) in [6.45, 7) is 2.33. The molecule has 0 saturated carbocycles. The number of nitrogens with zero attached hydrogens (tertiary/aromatic N) is 1. The Hall–Kier alpha value is -1.77. The van der Waals surface area contributed by atoms with Crippen molar-refractivity contribution >= 4 is 25.5 Å². The minimum absolute atomic E-state index is 0.0459. The van der Waals surface area contributed by atoms with Gasteiger partial charge in [-0.15, -0.1) is 0 Å². The first-order valence-corrected chi connectivity index (χ1v) is 8.93. The Kier molecular flexibility index (Phi) is 5.85. The van der Waals surface area contributed by atoms with Gasteiger partial charge in [-0.25, -0.2) is 0 Å². The number of carbonyl (C=O) groups is 1. The van der Waals surface area contributed by atoms with Gasteiger partial charge >= 0.3 is 131 Å². The van der Waals surface area contributed by atoms with E-state index in [1.807, 2.05) is 55.5 Å². The van der Waals surface area contributed by atoms with Crippen molar-refractivity contribution in [2.45, 2.75) is 24.8 Å². The van der Waals surface area contributed by atoms with Crippen molar-refractivity contribution in [2.24, 2.45) is 0 Å². The number of amides is 1. The summed E-state index contributed by atoms with van der Waals surface area (Å²) in [5.41, 5.74) is 0.987. The van der Waals surface area contributed by atoms with Gasteiger partial charge in [0, 0.05) is 0 Å². The molecule has 0 aliphatic carbocycles. The van der Waals surface area contributed by atoms with Gasteiger partial charge in [0.25, 0.3) is 0 Å². The number of hydrogen-bond acceptors (Lipinski definition) is 2. The van der Waals surface area contributed by atoms with E-state index in [0.717, 1.165) is 10.9 Å². The maximum atomic E-state index is 11.4. The predicted molar refractivity (Wildman–Crippen MR) is 83.5 cm³/mol. The molecule has 2 rings (SSSR count). The van der Waals surface area contributed by atoms with Crippen molar-refractivity contribution in [1.82, 2.24) is 4.90 Å². The van der Waals surface area contributed by atoms with Crippen LogP contribution < -0.4 is 9.57 Å². The molecule has 1 atom stereocenters. The zero-order valence-corrected chi connectivity index (χ0v) is 13.7. The Bertz CT molecular complexity index is 560. The quantitative estimate of drug-likeness (QED) is 0.746. The fourth-order valence-electron chi connectivity index (χ4n) is 2.00. The normalized spacial score (nSPS) is 11.9. The van der Waals surface area contributed by atoms with Gasteiger partial charge in [0.05, 0.1) is 0 Å². The van der Waals surface area contributed by atoms with Crippen molar-refractivity contribution in [3.05, 3.63) is 66.2 Å². The number of hydrogen-bond donors (Lipinski definition) is 0. The molecule has 21 heavy (non-hydrogen) atoms. The van der Waals surface area contributed by atoms with Crippen LogP contribution in [-0.4, -0.2) is 32.0 Å². The van der Waals surface area contributed by atoms with E-state index in [-0.39, 0.29) is 21.0 Å². The zero-order chi connectivity index (χ0) is 15.1. The third-order valence-corrected chi connectivity index (χ3v) is 5.83.